The first-order chi connectivity index (χ1) is 15.7. The van der Waals surface area contributed by atoms with Gasteiger partial charge >= 0.3 is 0 Å². The van der Waals surface area contributed by atoms with Crippen molar-refractivity contribution in [2.45, 2.75) is 20.1 Å². The van der Waals surface area contributed by atoms with Crippen molar-refractivity contribution < 1.29 is 14.2 Å². The van der Waals surface area contributed by atoms with Gasteiger partial charge in [0.25, 0.3) is 0 Å². The maximum Gasteiger partial charge on any atom is 0.194 e. The van der Waals surface area contributed by atoms with E-state index in [1.54, 1.807) is 7.11 Å². The molecule has 32 heavy (non-hydrogen) atoms. The van der Waals surface area contributed by atoms with Crippen LogP contribution in [0.3, 0.4) is 0 Å². The van der Waals surface area contributed by atoms with Gasteiger partial charge in [0.1, 0.15) is 5.75 Å². The number of rotatable bonds is 10. The average molecular weight is 441 g/mol. The van der Waals surface area contributed by atoms with Gasteiger partial charge in [0.15, 0.2) is 5.96 Å². The van der Waals surface area contributed by atoms with Crippen LogP contribution < -0.4 is 15.0 Å². The Morgan fingerprint density at radius 3 is 2.47 bits per heavy atom. The molecule has 0 radical (unpaired) electrons. The van der Waals surface area contributed by atoms with Crippen LogP contribution in [0.4, 0.5) is 5.69 Å². The van der Waals surface area contributed by atoms with Crippen LogP contribution >= 0.6 is 0 Å². The molecular formula is C25H36N4O3. The van der Waals surface area contributed by atoms with Crippen LogP contribution in [0.25, 0.3) is 0 Å². The van der Waals surface area contributed by atoms with Crippen LogP contribution in [0.2, 0.25) is 0 Å². The molecule has 1 N–H and O–H groups in total. The SMILES string of the molecule is CCOCCOCc1cccc(CNC(=NC)N2CCN(c3cccc(OC)c3)CC2)c1. The van der Waals surface area contributed by atoms with Gasteiger partial charge in [-0.3, -0.25) is 4.99 Å². The van der Waals surface area contributed by atoms with Crippen molar-refractivity contribution in [3.05, 3.63) is 59.7 Å². The minimum atomic E-state index is 0.599. The maximum absolute atomic E-state index is 5.69. The predicted octanol–water partition coefficient (Wildman–Crippen LogP) is 3.15. The van der Waals surface area contributed by atoms with E-state index in [1.165, 1.54) is 16.8 Å². The number of hydrogen-bond acceptors (Lipinski definition) is 5. The first-order valence-electron chi connectivity index (χ1n) is 11.3. The Hall–Kier alpha value is -2.77. The first kappa shape index (κ1) is 23.9. The van der Waals surface area contributed by atoms with Gasteiger partial charge in [-0.15, -0.1) is 0 Å². The van der Waals surface area contributed by atoms with E-state index in [2.05, 4.69) is 56.5 Å². The van der Waals surface area contributed by atoms with Gasteiger partial charge in [0.2, 0.25) is 0 Å². The molecule has 0 saturated carbocycles. The molecule has 1 heterocycles. The van der Waals surface area contributed by atoms with E-state index in [-0.39, 0.29) is 0 Å². The highest BCUT2D eigenvalue weighted by atomic mass is 16.5. The monoisotopic (exact) mass is 440 g/mol. The summed E-state index contributed by atoms with van der Waals surface area (Å²) >= 11 is 0. The molecule has 1 aliphatic rings. The van der Waals surface area contributed by atoms with Crippen LogP contribution in [0, 0.1) is 0 Å². The molecule has 3 rings (SSSR count). The van der Waals surface area contributed by atoms with Gasteiger partial charge in [0.05, 0.1) is 26.9 Å². The van der Waals surface area contributed by atoms with Crippen LogP contribution in [0.1, 0.15) is 18.1 Å². The number of aliphatic imine (C=N–C) groups is 1. The zero-order chi connectivity index (χ0) is 22.6. The predicted molar refractivity (Wildman–Crippen MR) is 130 cm³/mol. The number of methoxy groups -OCH3 is 1. The molecule has 1 saturated heterocycles. The normalized spacial score (nSPS) is 14.5. The fourth-order valence-electron chi connectivity index (χ4n) is 3.78. The topological polar surface area (TPSA) is 58.6 Å². The standard InChI is InChI=1S/C25H36N4O3/c1-4-31-15-16-32-20-22-8-5-7-21(17-22)19-27-25(26-2)29-13-11-28(12-14-29)23-9-6-10-24(18-23)30-3/h5-10,17-18H,4,11-16,19-20H2,1-3H3,(H,26,27). The van der Waals surface area contributed by atoms with Gasteiger partial charge in [0, 0.05) is 58.1 Å². The lowest BCUT2D eigenvalue weighted by atomic mass is 10.1. The van der Waals surface area contributed by atoms with Gasteiger partial charge < -0.3 is 29.3 Å². The van der Waals surface area contributed by atoms with Gasteiger partial charge in [-0.1, -0.05) is 30.3 Å². The number of benzene rings is 2. The van der Waals surface area contributed by atoms with E-state index in [0.29, 0.717) is 19.8 Å². The highest BCUT2D eigenvalue weighted by molar-refractivity contribution is 5.80. The Balaban J connectivity index is 1.46. The molecular weight excluding hydrogens is 404 g/mol. The van der Waals surface area contributed by atoms with E-state index in [1.807, 2.05) is 26.1 Å². The van der Waals surface area contributed by atoms with E-state index in [0.717, 1.165) is 51.0 Å². The molecule has 0 aromatic heterocycles. The molecule has 2 aromatic carbocycles. The minimum absolute atomic E-state index is 0.599. The molecule has 1 aliphatic heterocycles. The van der Waals surface area contributed by atoms with Crippen molar-refractivity contribution in [1.29, 1.82) is 0 Å². The third kappa shape index (κ3) is 7.14. The largest absolute Gasteiger partial charge is 0.497 e. The summed E-state index contributed by atoms with van der Waals surface area (Å²) in [5.41, 5.74) is 3.59. The Morgan fingerprint density at radius 2 is 1.72 bits per heavy atom. The molecule has 0 atom stereocenters. The number of nitrogens with one attached hydrogen (secondary N) is 1. The summed E-state index contributed by atoms with van der Waals surface area (Å²) in [4.78, 5) is 9.21. The summed E-state index contributed by atoms with van der Waals surface area (Å²) in [5.74, 6) is 1.83. The molecule has 0 aliphatic carbocycles. The van der Waals surface area contributed by atoms with Crippen molar-refractivity contribution in [1.82, 2.24) is 10.2 Å². The molecule has 0 unspecified atom stereocenters. The van der Waals surface area contributed by atoms with Crippen molar-refractivity contribution in [2.24, 2.45) is 4.99 Å². The number of anilines is 1. The Labute approximate surface area is 192 Å². The summed E-state index contributed by atoms with van der Waals surface area (Å²) in [6.45, 7) is 9.04. The fourth-order valence-corrected chi connectivity index (χ4v) is 3.78. The molecule has 0 bridgehead atoms. The highest BCUT2D eigenvalue weighted by Gasteiger charge is 2.20. The Bertz CT molecular complexity index is 851. The summed E-state index contributed by atoms with van der Waals surface area (Å²) in [6.07, 6.45) is 0. The van der Waals surface area contributed by atoms with Crippen LogP contribution in [-0.4, -0.2) is 71.0 Å². The summed E-state index contributed by atoms with van der Waals surface area (Å²) in [5, 5.41) is 3.52. The zero-order valence-corrected chi connectivity index (χ0v) is 19.5. The molecule has 174 valence electrons. The van der Waals surface area contributed by atoms with E-state index in [4.69, 9.17) is 14.2 Å². The number of guanidine groups is 1. The number of nitrogens with zero attached hydrogens (tertiary/aromatic N) is 3. The van der Waals surface area contributed by atoms with E-state index < -0.39 is 0 Å². The summed E-state index contributed by atoms with van der Waals surface area (Å²) in [6, 6.07) is 16.7. The molecule has 7 heteroatoms. The van der Waals surface area contributed by atoms with Gasteiger partial charge in [-0.25, -0.2) is 0 Å². The van der Waals surface area contributed by atoms with E-state index in [9.17, 15) is 0 Å². The van der Waals surface area contributed by atoms with Crippen molar-refractivity contribution in [3.63, 3.8) is 0 Å². The number of hydrogen-bond donors (Lipinski definition) is 1. The van der Waals surface area contributed by atoms with E-state index >= 15 is 0 Å². The minimum Gasteiger partial charge on any atom is -0.497 e. The molecule has 7 nitrogen and oxygen atoms in total. The second-order valence-electron chi connectivity index (χ2n) is 7.65. The number of piperazine rings is 1. The molecule has 0 amide bonds. The third-order valence-corrected chi connectivity index (χ3v) is 5.50. The second-order valence-corrected chi connectivity index (χ2v) is 7.65. The quantitative estimate of drug-likeness (QED) is 0.348. The Morgan fingerprint density at radius 1 is 0.969 bits per heavy atom. The second kappa shape index (κ2) is 12.9. The average Bonchev–Trinajstić information content (AvgIpc) is 2.85. The Kier molecular flexibility index (Phi) is 9.65. The molecule has 2 aromatic rings. The van der Waals surface area contributed by atoms with Gasteiger partial charge in [-0.05, 0) is 30.2 Å². The maximum atomic E-state index is 5.69. The molecule has 0 spiro atoms. The lowest BCUT2D eigenvalue weighted by Gasteiger charge is -2.37. The first-order valence-corrected chi connectivity index (χ1v) is 11.3. The smallest absolute Gasteiger partial charge is 0.194 e. The van der Waals surface area contributed by atoms with Gasteiger partial charge in [-0.2, -0.15) is 0 Å². The third-order valence-electron chi connectivity index (χ3n) is 5.50. The van der Waals surface area contributed by atoms with Crippen LogP contribution in [0.15, 0.2) is 53.5 Å². The lowest BCUT2D eigenvalue weighted by molar-refractivity contribution is 0.0453. The summed E-state index contributed by atoms with van der Waals surface area (Å²) in [7, 11) is 3.55. The molecule has 1 fully saturated rings. The van der Waals surface area contributed by atoms with Crippen LogP contribution in [0.5, 0.6) is 5.75 Å². The zero-order valence-electron chi connectivity index (χ0n) is 19.5. The van der Waals surface area contributed by atoms with Crippen molar-refractivity contribution in [3.8, 4) is 5.75 Å². The van der Waals surface area contributed by atoms with Crippen molar-refractivity contribution >= 4 is 11.6 Å². The van der Waals surface area contributed by atoms with Crippen molar-refractivity contribution in [2.75, 3.05) is 65.1 Å². The summed E-state index contributed by atoms with van der Waals surface area (Å²) < 4.78 is 16.4. The number of ether oxygens (including phenoxy) is 3. The lowest BCUT2D eigenvalue weighted by Crippen LogP contribution is -2.52. The highest BCUT2D eigenvalue weighted by Crippen LogP contribution is 2.22. The van der Waals surface area contributed by atoms with Crippen LogP contribution in [-0.2, 0) is 22.6 Å². The fraction of sp³-hybridized carbons (Fsp3) is 0.480.